The molecule has 0 aromatic heterocycles. The van der Waals surface area contributed by atoms with Crippen LogP contribution in [0.5, 0.6) is 0 Å². The molecule has 1 rings (SSSR count). The van der Waals surface area contributed by atoms with Crippen LogP contribution in [0.25, 0.3) is 0 Å². The molecule has 126 valence electrons. The average Bonchev–Trinajstić information content (AvgIpc) is 2.43. The number of sulfonamides is 1. The molecule has 0 aliphatic heterocycles. The van der Waals surface area contributed by atoms with Gasteiger partial charge in [-0.05, 0) is 24.7 Å². The van der Waals surface area contributed by atoms with Gasteiger partial charge in [0.2, 0.25) is 15.9 Å². The molecule has 0 heterocycles. The second-order valence-corrected chi connectivity index (χ2v) is 6.99. The van der Waals surface area contributed by atoms with E-state index in [1.807, 2.05) is 6.92 Å². The van der Waals surface area contributed by atoms with Crippen LogP contribution < -0.4 is 15.4 Å². The Morgan fingerprint density at radius 2 is 1.95 bits per heavy atom. The third-order valence-electron chi connectivity index (χ3n) is 2.62. The van der Waals surface area contributed by atoms with Gasteiger partial charge in [-0.1, -0.05) is 28.9 Å². The minimum absolute atomic E-state index is 0. The zero-order valence-electron chi connectivity index (χ0n) is 12.3. The topological polar surface area (TPSA) is 87.3 Å². The fourth-order valence-electron chi connectivity index (χ4n) is 1.57. The highest BCUT2D eigenvalue weighted by Crippen LogP contribution is 2.15. The molecule has 0 saturated carbocycles. The van der Waals surface area contributed by atoms with Crippen molar-refractivity contribution in [1.82, 2.24) is 15.4 Å². The van der Waals surface area contributed by atoms with E-state index in [2.05, 4.69) is 31.3 Å². The van der Waals surface area contributed by atoms with E-state index >= 15 is 0 Å². The second kappa shape index (κ2) is 11.0. The van der Waals surface area contributed by atoms with Crippen molar-refractivity contribution >= 4 is 44.3 Å². The Kier molecular flexibility index (Phi) is 10.6. The van der Waals surface area contributed by atoms with Crippen LogP contribution in [0.3, 0.4) is 0 Å². The highest BCUT2D eigenvalue weighted by atomic mass is 79.9. The number of amides is 1. The van der Waals surface area contributed by atoms with Gasteiger partial charge in [0.15, 0.2) is 0 Å². The summed E-state index contributed by atoms with van der Waals surface area (Å²) in [6.07, 6.45) is 0.110. The number of likely N-dealkylation sites (N-methyl/N-ethyl adjacent to an activating group) is 1. The lowest BCUT2D eigenvalue weighted by Crippen LogP contribution is -2.34. The predicted octanol–water partition coefficient (Wildman–Crippen LogP) is 1.27. The Labute approximate surface area is 146 Å². The largest absolute Gasteiger partial charge is 0.355 e. The Balaban J connectivity index is 0.00000441. The summed E-state index contributed by atoms with van der Waals surface area (Å²) in [4.78, 5) is 11.7. The summed E-state index contributed by atoms with van der Waals surface area (Å²) in [5, 5.41) is 5.79. The van der Waals surface area contributed by atoms with Crippen molar-refractivity contribution in [1.29, 1.82) is 0 Å². The van der Waals surface area contributed by atoms with E-state index in [1.54, 1.807) is 12.1 Å². The quantitative estimate of drug-likeness (QED) is 0.531. The average molecular weight is 415 g/mol. The summed E-state index contributed by atoms with van der Waals surface area (Å²) in [5.74, 6) is -0.176. The fraction of sp³-hybridized carbons (Fsp3) is 0.462. The van der Waals surface area contributed by atoms with Crippen LogP contribution in [0, 0.1) is 0 Å². The molecule has 9 heteroatoms. The van der Waals surface area contributed by atoms with Crippen LogP contribution in [0.15, 0.2) is 33.6 Å². The van der Waals surface area contributed by atoms with Crippen molar-refractivity contribution in [3.63, 3.8) is 0 Å². The molecule has 0 unspecified atom stereocenters. The van der Waals surface area contributed by atoms with Gasteiger partial charge in [-0.15, -0.1) is 12.4 Å². The molecule has 0 atom stereocenters. The number of rotatable bonds is 9. The van der Waals surface area contributed by atoms with E-state index in [-0.39, 0.29) is 36.2 Å². The molecule has 0 saturated heterocycles. The van der Waals surface area contributed by atoms with E-state index in [0.717, 1.165) is 6.54 Å². The lowest BCUT2D eigenvalue weighted by Gasteiger charge is -2.08. The molecule has 6 nitrogen and oxygen atoms in total. The summed E-state index contributed by atoms with van der Waals surface area (Å²) < 4.78 is 27.1. The SMILES string of the molecule is CCNCCNC(=O)CCNS(=O)(=O)c1cccc(Br)c1.Cl. The molecule has 0 aliphatic rings. The Morgan fingerprint density at radius 3 is 2.59 bits per heavy atom. The van der Waals surface area contributed by atoms with Crippen LogP contribution in [0.1, 0.15) is 13.3 Å². The highest BCUT2D eigenvalue weighted by molar-refractivity contribution is 9.10. The Bertz CT molecular complexity index is 569. The van der Waals surface area contributed by atoms with Gasteiger partial charge in [0.1, 0.15) is 0 Å². The van der Waals surface area contributed by atoms with E-state index in [4.69, 9.17) is 0 Å². The van der Waals surface area contributed by atoms with E-state index in [9.17, 15) is 13.2 Å². The van der Waals surface area contributed by atoms with Crippen molar-refractivity contribution in [3.8, 4) is 0 Å². The molecule has 1 amide bonds. The van der Waals surface area contributed by atoms with Crippen LogP contribution >= 0.6 is 28.3 Å². The number of carbonyl (C=O) groups excluding carboxylic acids is 1. The first-order valence-electron chi connectivity index (χ1n) is 6.68. The standard InChI is InChI=1S/C13H20BrN3O3S.ClH/c1-2-15-8-9-16-13(18)6-7-17-21(19,20)12-5-3-4-11(14)10-12;/h3-5,10,15,17H,2,6-9H2,1H3,(H,16,18);1H. The lowest BCUT2D eigenvalue weighted by molar-refractivity contribution is -0.120. The number of hydrogen-bond donors (Lipinski definition) is 3. The van der Waals surface area contributed by atoms with Gasteiger partial charge in [-0.2, -0.15) is 0 Å². The summed E-state index contributed by atoms with van der Waals surface area (Å²) in [6, 6.07) is 6.41. The maximum atomic E-state index is 12.0. The van der Waals surface area contributed by atoms with Crippen LogP contribution in [-0.4, -0.2) is 40.5 Å². The maximum Gasteiger partial charge on any atom is 0.240 e. The molecule has 0 spiro atoms. The Morgan fingerprint density at radius 1 is 1.23 bits per heavy atom. The zero-order valence-corrected chi connectivity index (χ0v) is 15.5. The molecular formula is C13H21BrClN3O3S. The third kappa shape index (κ3) is 8.09. The first-order valence-corrected chi connectivity index (χ1v) is 8.96. The van der Waals surface area contributed by atoms with Gasteiger partial charge in [0, 0.05) is 30.5 Å². The molecule has 0 bridgehead atoms. The molecule has 3 N–H and O–H groups in total. The van der Waals surface area contributed by atoms with E-state index in [1.165, 1.54) is 12.1 Å². The normalized spacial score (nSPS) is 10.8. The summed E-state index contributed by atoms with van der Waals surface area (Å²) in [5.41, 5.74) is 0. The second-order valence-electron chi connectivity index (χ2n) is 4.31. The monoisotopic (exact) mass is 413 g/mol. The number of carbonyl (C=O) groups is 1. The summed E-state index contributed by atoms with van der Waals surface area (Å²) >= 11 is 3.22. The Hall–Kier alpha value is -0.670. The fourth-order valence-corrected chi connectivity index (χ4v) is 3.20. The van der Waals surface area contributed by atoms with Gasteiger partial charge in [-0.25, -0.2) is 13.1 Å². The number of benzene rings is 1. The van der Waals surface area contributed by atoms with Gasteiger partial charge in [-0.3, -0.25) is 4.79 Å². The minimum atomic E-state index is -3.58. The van der Waals surface area contributed by atoms with Crippen LogP contribution in [-0.2, 0) is 14.8 Å². The van der Waals surface area contributed by atoms with Crippen molar-refractivity contribution in [2.75, 3.05) is 26.2 Å². The molecular weight excluding hydrogens is 394 g/mol. The summed E-state index contributed by atoms with van der Waals surface area (Å²) in [6.45, 7) is 4.14. The molecule has 1 aromatic carbocycles. The van der Waals surface area contributed by atoms with Crippen molar-refractivity contribution in [2.24, 2.45) is 0 Å². The predicted molar refractivity (Wildman–Crippen MR) is 92.7 cm³/mol. The smallest absolute Gasteiger partial charge is 0.240 e. The lowest BCUT2D eigenvalue weighted by atomic mass is 10.4. The first-order chi connectivity index (χ1) is 9.95. The van der Waals surface area contributed by atoms with Crippen molar-refractivity contribution in [3.05, 3.63) is 28.7 Å². The van der Waals surface area contributed by atoms with Crippen molar-refractivity contribution < 1.29 is 13.2 Å². The summed E-state index contributed by atoms with van der Waals surface area (Å²) in [7, 11) is -3.58. The van der Waals surface area contributed by atoms with Crippen LogP contribution in [0.4, 0.5) is 0 Å². The minimum Gasteiger partial charge on any atom is -0.355 e. The van der Waals surface area contributed by atoms with Gasteiger partial charge in [0.05, 0.1) is 4.90 Å². The molecule has 0 fully saturated rings. The van der Waals surface area contributed by atoms with E-state index < -0.39 is 10.0 Å². The number of nitrogens with one attached hydrogen (secondary N) is 3. The number of hydrogen-bond acceptors (Lipinski definition) is 4. The molecule has 1 aromatic rings. The van der Waals surface area contributed by atoms with E-state index in [0.29, 0.717) is 17.6 Å². The van der Waals surface area contributed by atoms with Crippen molar-refractivity contribution in [2.45, 2.75) is 18.2 Å². The number of halogens is 2. The van der Waals surface area contributed by atoms with Gasteiger partial charge >= 0.3 is 0 Å². The first kappa shape index (κ1) is 21.3. The third-order valence-corrected chi connectivity index (χ3v) is 4.58. The van der Waals surface area contributed by atoms with Gasteiger partial charge in [0.25, 0.3) is 0 Å². The van der Waals surface area contributed by atoms with Crippen LogP contribution in [0.2, 0.25) is 0 Å². The maximum absolute atomic E-state index is 12.0. The zero-order chi connectivity index (χ0) is 15.7. The molecule has 0 aliphatic carbocycles. The van der Waals surface area contributed by atoms with Gasteiger partial charge < -0.3 is 10.6 Å². The highest BCUT2D eigenvalue weighted by Gasteiger charge is 2.14. The molecule has 0 radical (unpaired) electrons. The molecule has 22 heavy (non-hydrogen) atoms.